The number of hydrogen-bond acceptors (Lipinski definition) is 0. The monoisotopic (exact) mass is 338 g/mol. The summed E-state index contributed by atoms with van der Waals surface area (Å²) in [5.41, 5.74) is 1.01. The van der Waals surface area contributed by atoms with Crippen LogP contribution in [0.4, 0.5) is 0 Å². The Kier molecular flexibility index (Phi) is 13.2. The maximum absolute atomic E-state index is 2.49. The highest BCUT2D eigenvalue weighted by molar-refractivity contribution is 4.75. The normalized spacial score (nSPS) is 14.1. The standard InChI is InChI=1S/C24H50/c1-8-9-10-11-12-13-14-15-16-17-18-19-24(6,7)21-22(2)20-23(3,4)5/h22H,8-21H2,1-7H3. The van der Waals surface area contributed by atoms with Gasteiger partial charge < -0.3 is 0 Å². The summed E-state index contributed by atoms with van der Waals surface area (Å²) in [5, 5.41) is 0. The van der Waals surface area contributed by atoms with E-state index in [0.29, 0.717) is 10.8 Å². The summed E-state index contributed by atoms with van der Waals surface area (Å²) in [6.07, 6.45) is 20.1. The van der Waals surface area contributed by atoms with Crippen molar-refractivity contribution in [3.05, 3.63) is 0 Å². The first-order valence-corrected chi connectivity index (χ1v) is 11.2. The fraction of sp³-hybridized carbons (Fsp3) is 1.00. The van der Waals surface area contributed by atoms with Crippen molar-refractivity contribution in [2.75, 3.05) is 0 Å². The van der Waals surface area contributed by atoms with Crippen molar-refractivity contribution >= 4 is 0 Å². The van der Waals surface area contributed by atoms with Crippen molar-refractivity contribution in [3.8, 4) is 0 Å². The predicted octanol–water partition coefficient (Wildman–Crippen LogP) is 9.18. The molecule has 146 valence electrons. The average molecular weight is 339 g/mol. The van der Waals surface area contributed by atoms with Gasteiger partial charge in [0.1, 0.15) is 0 Å². The van der Waals surface area contributed by atoms with E-state index >= 15 is 0 Å². The van der Waals surface area contributed by atoms with Crippen LogP contribution in [0.5, 0.6) is 0 Å². The molecule has 1 atom stereocenters. The van der Waals surface area contributed by atoms with Crippen LogP contribution in [0.3, 0.4) is 0 Å². The molecule has 0 saturated heterocycles. The molecule has 0 radical (unpaired) electrons. The van der Waals surface area contributed by atoms with Gasteiger partial charge in [-0.25, -0.2) is 0 Å². The van der Waals surface area contributed by atoms with E-state index in [0.717, 1.165) is 5.92 Å². The molecule has 0 amide bonds. The van der Waals surface area contributed by atoms with E-state index in [-0.39, 0.29) is 0 Å². The highest BCUT2D eigenvalue weighted by Gasteiger charge is 2.23. The van der Waals surface area contributed by atoms with E-state index in [4.69, 9.17) is 0 Å². The summed E-state index contributed by atoms with van der Waals surface area (Å²) in [6, 6.07) is 0. The molecular weight excluding hydrogens is 288 g/mol. The average Bonchev–Trinajstić information content (AvgIpc) is 2.41. The highest BCUT2D eigenvalue weighted by atomic mass is 14.3. The summed E-state index contributed by atoms with van der Waals surface area (Å²) >= 11 is 0. The lowest BCUT2D eigenvalue weighted by Crippen LogP contribution is -2.19. The maximum atomic E-state index is 2.49. The van der Waals surface area contributed by atoms with Gasteiger partial charge in [0, 0.05) is 0 Å². The second-order valence-electron chi connectivity index (χ2n) is 10.5. The second-order valence-corrected chi connectivity index (χ2v) is 10.5. The molecule has 0 heterocycles. The smallest absolute Gasteiger partial charge is 0.0352 e. The van der Waals surface area contributed by atoms with Crippen LogP contribution in [0.15, 0.2) is 0 Å². The molecule has 1 unspecified atom stereocenters. The van der Waals surface area contributed by atoms with Gasteiger partial charge in [0.25, 0.3) is 0 Å². The molecule has 0 heteroatoms. The number of rotatable bonds is 15. The molecule has 0 aliphatic carbocycles. The quantitative estimate of drug-likeness (QED) is 0.261. The van der Waals surface area contributed by atoms with Gasteiger partial charge in [0.05, 0.1) is 0 Å². The zero-order chi connectivity index (χ0) is 18.5. The molecular formula is C24H50. The molecule has 0 aliphatic heterocycles. The SMILES string of the molecule is CCCCCCCCCCCCCC(C)(C)CC(C)CC(C)(C)C. The van der Waals surface area contributed by atoms with Crippen molar-refractivity contribution in [2.45, 2.75) is 138 Å². The van der Waals surface area contributed by atoms with Crippen molar-refractivity contribution in [3.63, 3.8) is 0 Å². The van der Waals surface area contributed by atoms with E-state index in [2.05, 4.69) is 48.5 Å². The molecule has 0 aromatic carbocycles. The summed E-state index contributed by atoms with van der Waals surface area (Å²) in [5.74, 6) is 0.854. The van der Waals surface area contributed by atoms with Crippen molar-refractivity contribution < 1.29 is 0 Å². The summed E-state index contributed by atoms with van der Waals surface area (Å²) in [6.45, 7) is 16.9. The Morgan fingerprint density at radius 1 is 0.583 bits per heavy atom. The maximum Gasteiger partial charge on any atom is -0.0352 e. The Hall–Kier alpha value is 0. The first kappa shape index (κ1) is 24.0. The van der Waals surface area contributed by atoms with Gasteiger partial charge >= 0.3 is 0 Å². The molecule has 24 heavy (non-hydrogen) atoms. The molecule has 0 rings (SSSR count). The van der Waals surface area contributed by atoms with Crippen LogP contribution in [-0.2, 0) is 0 Å². The first-order valence-electron chi connectivity index (χ1n) is 11.2. The third kappa shape index (κ3) is 16.8. The Balaban J connectivity index is 3.55. The number of unbranched alkanes of at least 4 members (excludes halogenated alkanes) is 10. The predicted molar refractivity (Wildman–Crippen MR) is 113 cm³/mol. The first-order chi connectivity index (χ1) is 11.2. The molecule has 0 N–H and O–H groups in total. The van der Waals surface area contributed by atoms with Crippen LogP contribution >= 0.6 is 0 Å². The van der Waals surface area contributed by atoms with E-state index in [1.165, 1.54) is 89.9 Å². The van der Waals surface area contributed by atoms with Crippen LogP contribution in [-0.4, -0.2) is 0 Å². The molecule has 0 saturated carbocycles. The van der Waals surface area contributed by atoms with Gasteiger partial charge in [-0.15, -0.1) is 0 Å². The van der Waals surface area contributed by atoms with Gasteiger partial charge in [0.15, 0.2) is 0 Å². The highest BCUT2D eigenvalue weighted by Crippen LogP contribution is 2.36. The fourth-order valence-corrected chi connectivity index (χ4v) is 4.43. The van der Waals surface area contributed by atoms with Crippen LogP contribution in [0, 0.1) is 16.7 Å². The van der Waals surface area contributed by atoms with Crippen molar-refractivity contribution in [1.82, 2.24) is 0 Å². The molecule has 0 bridgehead atoms. The Bertz CT molecular complexity index is 268. The molecule has 0 fully saturated rings. The number of hydrogen-bond donors (Lipinski definition) is 0. The van der Waals surface area contributed by atoms with E-state index < -0.39 is 0 Å². The van der Waals surface area contributed by atoms with Gasteiger partial charge in [-0.2, -0.15) is 0 Å². The van der Waals surface area contributed by atoms with Gasteiger partial charge in [-0.1, -0.05) is 119 Å². The third-order valence-electron chi connectivity index (χ3n) is 5.32. The molecule has 0 nitrogen and oxygen atoms in total. The lowest BCUT2D eigenvalue weighted by molar-refractivity contribution is 0.203. The summed E-state index contributed by atoms with van der Waals surface area (Å²) < 4.78 is 0. The molecule has 0 spiro atoms. The Morgan fingerprint density at radius 2 is 1.00 bits per heavy atom. The lowest BCUT2D eigenvalue weighted by Gasteiger charge is -2.31. The molecule has 0 aromatic rings. The van der Waals surface area contributed by atoms with Crippen LogP contribution in [0.1, 0.15) is 138 Å². The van der Waals surface area contributed by atoms with E-state index in [1.54, 1.807) is 0 Å². The van der Waals surface area contributed by atoms with E-state index in [9.17, 15) is 0 Å². The third-order valence-corrected chi connectivity index (χ3v) is 5.32. The van der Waals surface area contributed by atoms with Gasteiger partial charge in [0.2, 0.25) is 0 Å². The van der Waals surface area contributed by atoms with Crippen LogP contribution in [0.2, 0.25) is 0 Å². The minimum Gasteiger partial charge on any atom is -0.0654 e. The zero-order valence-corrected chi connectivity index (χ0v) is 18.5. The van der Waals surface area contributed by atoms with Crippen LogP contribution in [0.25, 0.3) is 0 Å². The second kappa shape index (κ2) is 13.2. The summed E-state index contributed by atoms with van der Waals surface area (Å²) in [7, 11) is 0. The fourth-order valence-electron chi connectivity index (χ4n) is 4.43. The topological polar surface area (TPSA) is 0 Å². The molecule has 0 aliphatic rings. The van der Waals surface area contributed by atoms with E-state index in [1.807, 2.05) is 0 Å². The van der Waals surface area contributed by atoms with Crippen molar-refractivity contribution in [1.29, 1.82) is 0 Å². The minimum absolute atomic E-state index is 0.478. The van der Waals surface area contributed by atoms with Crippen LogP contribution < -0.4 is 0 Å². The Labute approximate surface area is 155 Å². The minimum atomic E-state index is 0.478. The zero-order valence-electron chi connectivity index (χ0n) is 18.5. The molecule has 0 aromatic heterocycles. The largest absolute Gasteiger partial charge is 0.0654 e. The lowest BCUT2D eigenvalue weighted by atomic mass is 9.74. The summed E-state index contributed by atoms with van der Waals surface area (Å²) in [4.78, 5) is 0. The van der Waals surface area contributed by atoms with Gasteiger partial charge in [-0.05, 0) is 36.0 Å². The Morgan fingerprint density at radius 3 is 1.42 bits per heavy atom. The van der Waals surface area contributed by atoms with Gasteiger partial charge in [-0.3, -0.25) is 0 Å². The van der Waals surface area contributed by atoms with Crippen molar-refractivity contribution in [2.24, 2.45) is 16.7 Å².